The zero-order valence-corrected chi connectivity index (χ0v) is 12.6. The molecular formula is C12H17Br2N. The summed E-state index contributed by atoms with van der Waals surface area (Å²) in [5.41, 5.74) is 1.52. The monoisotopic (exact) mass is 333 g/mol. The van der Waals surface area contributed by atoms with Crippen LogP contribution in [0.5, 0.6) is 0 Å². The van der Waals surface area contributed by atoms with Gasteiger partial charge in [-0.05, 0) is 38.6 Å². The quantitative estimate of drug-likeness (QED) is 0.751. The van der Waals surface area contributed by atoms with Crippen molar-refractivity contribution in [1.82, 2.24) is 4.90 Å². The van der Waals surface area contributed by atoms with Gasteiger partial charge >= 0.3 is 0 Å². The van der Waals surface area contributed by atoms with Crippen LogP contribution in [0.25, 0.3) is 0 Å². The number of alkyl halides is 1. The van der Waals surface area contributed by atoms with Gasteiger partial charge in [0.2, 0.25) is 0 Å². The third kappa shape index (κ3) is 3.89. The summed E-state index contributed by atoms with van der Waals surface area (Å²) in [6, 6.07) is 8.46. The zero-order chi connectivity index (χ0) is 11.5. The average molecular weight is 335 g/mol. The number of halogens is 2. The van der Waals surface area contributed by atoms with Crippen LogP contribution in [0.15, 0.2) is 28.7 Å². The van der Waals surface area contributed by atoms with E-state index >= 15 is 0 Å². The molecule has 1 rings (SSSR count). The van der Waals surface area contributed by atoms with Crippen LogP contribution in [0.2, 0.25) is 0 Å². The molecule has 1 aromatic rings. The molecule has 0 aromatic heterocycles. The normalized spacial score (nSPS) is 12.1. The van der Waals surface area contributed by atoms with Gasteiger partial charge in [0.15, 0.2) is 0 Å². The molecule has 0 radical (unpaired) electrons. The molecule has 0 aliphatic carbocycles. The predicted molar refractivity (Wildman–Crippen MR) is 73.5 cm³/mol. The summed E-state index contributed by atoms with van der Waals surface area (Å²) in [6.07, 6.45) is 0. The second-order valence-corrected chi connectivity index (χ2v) is 5.91. The van der Waals surface area contributed by atoms with E-state index in [4.69, 9.17) is 0 Å². The van der Waals surface area contributed by atoms with E-state index in [-0.39, 0.29) is 5.54 Å². The van der Waals surface area contributed by atoms with Gasteiger partial charge in [-0.25, -0.2) is 0 Å². The maximum atomic E-state index is 3.55. The lowest BCUT2D eigenvalue weighted by Gasteiger charge is -2.34. The first-order valence-electron chi connectivity index (χ1n) is 4.97. The van der Waals surface area contributed by atoms with Gasteiger partial charge in [-0.1, -0.05) is 44.0 Å². The molecular weight excluding hydrogens is 318 g/mol. The van der Waals surface area contributed by atoms with Crippen molar-refractivity contribution >= 4 is 31.9 Å². The molecule has 15 heavy (non-hydrogen) atoms. The lowest BCUT2D eigenvalue weighted by molar-refractivity contribution is 0.173. The summed E-state index contributed by atoms with van der Waals surface area (Å²) in [5, 5.41) is 0.977. The van der Waals surface area contributed by atoms with Crippen molar-refractivity contribution in [3.63, 3.8) is 0 Å². The summed E-state index contributed by atoms with van der Waals surface area (Å²) < 4.78 is 1.14. The van der Waals surface area contributed by atoms with Crippen molar-refractivity contribution in [3.8, 4) is 0 Å². The number of nitrogens with zero attached hydrogens (tertiary/aromatic N) is 1. The molecule has 0 saturated heterocycles. The van der Waals surface area contributed by atoms with Crippen LogP contribution in [-0.2, 0) is 6.54 Å². The highest BCUT2D eigenvalue weighted by Crippen LogP contribution is 2.19. The van der Waals surface area contributed by atoms with Crippen molar-refractivity contribution < 1.29 is 0 Å². The fourth-order valence-electron chi connectivity index (χ4n) is 1.23. The number of hydrogen-bond acceptors (Lipinski definition) is 1. The molecule has 0 atom stereocenters. The van der Waals surface area contributed by atoms with Crippen molar-refractivity contribution in [2.45, 2.75) is 25.9 Å². The van der Waals surface area contributed by atoms with Crippen LogP contribution in [-0.4, -0.2) is 22.8 Å². The molecule has 3 heteroatoms. The summed E-state index contributed by atoms with van der Waals surface area (Å²) >= 11 is 7.04. The highest BCUT2D eigenvalue weighted by molar-refractivity contribution is 9.10. The second-order valence-electron chi connectivity index (χ2n) is 4.43. The number of rotatable bonds is 4. The zero-order valence-electron chi connectivity index (χ0n) is 9.43. The molecule has 0 aliphatic rings. The van der Waals surface area contributed by atoms with Crippen LogP contribution in [0.3, 0.4) is 0 Å². The van der Waals surface area contributed by atoms with Gasteiger partial charge in [-0.15, -0.1) is 0 Å². The van der Waals surface area contributed by atoms with Crippen molar-refractivity contribution in [1.29, 1.82) is 0 Å². The largest absolute Gasteiger partial charge is 0.296 e. The van der Waals surface area contributed by atoms with Gasteiger partial charge in [-0.3, -0.25) is 4.90 Å². The Hall–Kier alpha value is 0.140. The molecule has 0 fully saturated rings. The molecule has 0 unspecified atom stereocenters. The summed E-state index contributed by atoms with van der Waals surface area (Å²) in [4.78, 5) is 2.35. The molecule has 0 aliphatic heterocycles. The molecule has 0 heterocycles. The minimum absolute atomic E-state index is 0.183. The maximum absolute atomic E-state index is 3.55. The standard InChI is InChI=1S/C12H17Br2N/c1-12(2,9-13)15(3)8-10-5-4-6-11(14)7-10/h4-7H,8-9H2,1-3H3. The van der Waals surface area contributed by atoms with Crippen LogP contribution in [0, 0.1) is 0 Å². The number of hydrogen-bond donors (Lipinski definition) is 0. The lowest BCUT2D eigenvalue weighted by atomic mass is 10.1. The minimum atomic E-state index is 0.183. The van der Waals surface area contributed by atoms with Crippen molar-refractivity contribution in [3.05, 3.63) is 34.3 Å². The summed E-state index contributed by atoms with van der Waals surface area (Å²) in [7, 11) is 2.15. The van der Waals surface area contributed by atoms with E-state index < -0.39 is 0 Å². The van der Waals surface area contributed by atoms with E-state index in [1.807, 2.05) is 0 Å². The predicted octanol–water partition coefficient (Wildman–Crippen LogP) is 4.05. The first kappa shape index (κ1) is 13.2. The second kappa shape index (κ2) is 5.46. The Morgan fingerprint density at radius 3 is 2.53 bits per heavy atom. The highest BCUT2D eigenvalue weighted by Gasteiger charge is 2.21. The summed E-state index contributed by atoms with van der Waals surface area (Å²) in [6.45, 7) is 5.44. The van der Waals surface area contributed by atoms with Gasteiger partial charge in [0.1, 0.15) is 0 Å². The van der Waals surface area contributed by atoms with Gasteiger partial charge in [0, 0.05) is 21.9 Å². The van der Waals surface area contributed by atoms with Crippen LogP contribution >= 0.6 is 31.9 Å². The molecule has 1 nitrogen and oxygen atoms in total. The molecule has 0 N–H and O–H groups in total. The maximum Gasteiger partial charge on any atom is 0.0250 e. The lowest BCUT2D eigenvalue weighted by Crippen LogP contribution is -2.41. The summed E-state index contributed by atoms with van der Waals surface area (Å²) in [5.74, 6) is 0. The van der Waals surface area contributed by atoms with Gasteiger partial charge in [0.25, 0.3) is 0 Å². The fourth-order valence-corrected chi connectivity index (χ4v) is 2.10. The van der Waals surface area contributed by atoms with Gasteiger partial charge in [-0.2, -0.15) is 0 Å². The van der Waals surface area contributed by atoms with E-state index in [2.05, 4.69) is 81.9 Å². The Morgan fingerprint density at radius 1 is 1.33 bits per heavy atom. The molecule has 0 bridgehead atoms. The molecule has 0 amide bonds. The SMILES string of the molecule is CN(Cc1cccc(Br)c1)C(C)(C)CBr. The molecule has 0 spiro atoms. The number of benzene rings is 1. The van der Waals surface area contributed by atoms with Crippen molar-refractivity contribution in [2.24, 2.45) is 0 Å². The van der Waals surface area contributed by atoms with E-state index in [0.29, 0.717) is 0 Å². The Kier molecular flexibility index (Phi) is 4.81. The Balaban J connectivity index is 2.70. The Bertz CT molecular complexity index is 323. The van der Waals surface area contributed by atoms with E-state index in [0.717, 1.165) is 16.3 Å². The molecule has 0 saturated carbocycles. The molecule has 84 valence electrons. The first-order chi connectivity index (χ1) is 6.95. The van der Waals surface area contributed by atoms with Crippen LogP contribution < -0.4 is 0 Å². The Labute approximate surface area is 109 Å². The minimum Gasteiger partial charge on any atom is -0.296 e. The Morgan fingerprint density at radius 2 is 2.00 bits per heavy atom. The van der Waals surface area contributed by atoms with E-state index in [1.54, 1.807) is 0 Å². The molecule has 1 aromatic carbocycles. The third-order valence-corrected chi connectivity index (χ3v) is 4.53. The fraction of sp³-hybridized carbons (Fsp3) is 0.500. The van der Waals surface area contributed by atoms with Crippen LogP contribution in [0.1, 0.15) is 19.4 Å². The van der Waals surface area contributed by atoms with E-state index in [1.165, 1.54) is 5.56 Å². The van der Waals surface area contributed by atoms with Crippen LogP contribution in [0.4, 0.5) is 0 Å². The van der Waals surface area contributed by atoms with E-state index in [9.17, 15) is 0 Å². The van der Waals surface area contributed by atoms with Gasteiger partial charge in [0.05, 0.1) is 0 Å². The first-order valence-corrected chi connectivity index (χ1v) is 6.89. The van der Waals surface area contributed by atoms with Crippen molar-refractivity contribution in [2.75, 3.05) is 12.4 Å². The smallest absolute Gasteiger partial charge is 0.0250 e. The van der Waals surface area contributed by atoms with Gasteiger partial charge < -0.3 is 0 Å². The average Bonchev–Trinajstić information content (AvgIpc) is 2.17. The third-order valence-electron chi connectivity index (χ3n) is 2.67. The topological polar surface area (TPSA) is 3.24 Å². The highest BCUT2D eigenvalue weighted by atomic mass is 79.9.